The molecule has 1 aromatic rings. The van der Waals surface area contributed by atoms with E-state index in [-0.39, 0.29) is 0 Å². The molecule has 2 N–H and O–H groups in total. The van der Waals surface area contributed by atoms with Gasteiger partial charge in [0.15, 0.2) is 0 Å². The van der Waals surface area contributed by atoms with Gasteiger partial charge in [-0.05, 0) is 24.9 Å². The Morgan fingerprint density at radius 2 is 2.50 bits per heavy atom. The van der Waals surface area contributed by atoms with Crippen molar-refractivity contribution in [3.63, 3.8) is 0 Å². The smallest absolute Gasteiger partial charge is 0.232 e. The highest BCUT2D eigenvalue weighted by atomic mass is 32.1. The first-order chi connectivity index (χ1) is 5.75. The van der Waals surface area contributed by atoms with E-state index in [1.807, 2.05) is 0 Å². The molecule has 4 nitrogen and oxygen atoms in total. The average molecular weight is 185 g/mol. The Kier molecular flexibility index (Phi) is 1.98. The first kappa shape index (κ1) is 7.94. The van der Waals surface area contributed by atoms with Gasteiger partial charge < -0.3 is 10.5 Å². The molecule has 1 aromatic heterocycles. The molecular weight excluding hydrogens is 174 g/mol. The third kappa shape index (κ3) is 1.42. The number of nitrogens with zero attached hydrogens (tertiary/aromatic N) is 2. The van der Waals surface area contributed by atoms with E-state index in [2.05, 4.69) is 16.3 Å². The van der Waals surface area contributed by atoms with Crippen LogP contribution in [0.5, 0.6) is 0 Å². The molecule has 0 amide bonds. The highest BCUT2D eigenvalue weighted by molar-refractivity contribution is 7.05. The zero-order chi connectivity index (χ0) is 8.55. The number of nitrogen functional groups attached to an aromatic ring is 1. The summed E-state index contributed by atoms with van der Waals surface area (Å²) in [6.45, 7) is 2.83. The van der Waals surface area contributed by atoms with E-state index >= 15 is 0 Å². The minimum absolute atomic E-state index is 0.347. The molecule has 12 heavy (non-hydrogen) atoms. The Balaban J connectivity index is 2.11. The molecule has 66 valence electrons. The van der Waals surface area contributed by atoms with Gasteiger partial charge in [0.1, 0.15) is 5.01 Å². The van der Waals surface area contributed by atoms with E-state index < -0.39 is 0 Å². The first-order valence-electron chi connectivity index (χ1n) is 3.96. The van der Waals surface area contributed by atoms with Crippen molar-refractivity contribution in [3.05, 3.63) is 5.01 Å². The molecular formula is C7H11N3OS. The molecule has 0 radical (unpaired) electrons. The molecule has 0 saturated carbocycles. The predicted octanol–water partition coefficient (Wildman–Crippen LogP) is 1.01. The van der Waals surface area contributed by atoms with Crippen molar-refractivity contribution < 1.29 is 4.74 Å². The maximum atomic E-state index is 5.43. The van der Waals surface area contributed by atoms with Crippen LogP contribution in [0.1, 0.15) is 24.3 Å². The minimum atomic E-state index is 0.347. The van der Waals surface area contributed by atoms with Crippen LogP contribution in [-0.2, 0) is 4.74 Å². The summed E-state index contributed by atoms with van der Waals surface area (Å²) in [5, 5.41) is 1.01. The Morgan fingerprint density at radius 3 is 3.00 bits per heavy atom. The highest BCUT2D eigenvalue weighted by Crippen LogP contribution is 2.30. The summed E-state index contributed by atoms with van der Waals surface area (Å²) in [4.78, 5) is 4.13. The molecule has 5 heteroatoms. The van der Waals surface area contributed by atoms with E-state index in [4.69, 9.17) is 10.5 Å². The lowest BCUT2D eigenvalue weighted by molar-refractivity contribution is 0.123. The number of nitrogens with two attached hydrogens (primary N) is 1. The monoisotopic (exact) mass is 185 g/mol. The molecule has 0 aromatic carbocycles. The van der Waals surface area contributed by atoms with Crippen LogP contribution in [0.15, 0.2) is 0 Å². The first-order valence-corrected chi connectivity index (χ1v) is 4.73. The van der Waals surface area contributed by atoms with Gasteiger partial charge in [-0.15, -0.1) is 0 Å². The lowest BCUT2D eigenvalue weighted by Gasteiger charge is -1.99. The third-order valence-corrected chi connectivity index (χ3v) is 2.90. The predicted molar refractivity (Wildman–Crippen MR) is 47.1 cm³/mol. The summed E-state index contributed by atoms with van der Waals surface area (Å²) in [5.74, 6) is 0.796. The molecule has 1 aliphatic rings. The zero-order valence-electron chi connectivity index (χ0n) is 6.86. The van der Waals surface area contributed by atoms with Gasteiger partial charge in [-0.25, -0.2) is 4.98 Å². The Bertz CT molecular complexity index is 275. The summed E-state index contributed by atoms with van der Waals surface area (Å²) in [6.07, 6.45) is 1.38. The van der Waals surface area contributed by atoms with Crippen molar-refractivity contribution in [1.29, 1.82) is 0 Å². The second-order valence-electron chi connectivity index (χ2n) is 3.07. The summed E-state index contributed by atoms with van der Waals surface area (Å²) >= 11 is 1.38. The van der Waals surface area contributed by atoms with Crippen LogP contribution >= 0.6 is 11.5 Å². The Hall–Kier alpha value is -0.680. The van der Waals surface area contributed by atoms with Gasteiger partial charge in [-0.3, -0.25) is 0 Å². The molecule has 0 aliphatic carbocycles. The van der Waals surface area contributed by atoms with Crippen molar-refractivity contribution in [2.45, 2.75) is 25.4 Å². The van der Waals surface area contributed by atoms with Crippen molar-refractivity contribution in [3.8, 4) is 0 Å². The molecule has 0 bridgehead atoms. The van der Waals surface area contributed by atoms with Gasteiger partial charge in [-0.1, -0.05) is 0 Å². The van der Waals surface area contributed by atoms with Crippen molar-refractivity contribution >= 4 is 17.5 Å². The van der Waals surface area contributed by atoms with Gasteiger partial charge in [0, 0.05) is 5.92 Å². The quantitative estimate of drug-likeness (QED) is 0.709. The van der Waals surface area contributed by atoms with E-state index in [1.165, 1.54) is 11.5 Å². The van der Waals surface area contributed by atoms with Gasteiger partial charge in [-0.2, -0.15) is 4.37 Å². The molecule has 0 spiro atoms. The van der Waals surface area contributed by atoms with Gasteiger partial charge in [0.25, 0.3) is 0 Å². The molecule has 2 heterocycles. The lowest BCUT2D eigenvalue weighted by Crippen LogP contribution is -1.97. The summed E-state index contributed by atoms with van der Waals surface area (Å²) < 4.78 is 9.37. The van der Waals surface area contributed by atoms with Crippen LogP contribution in [0.25, 0.3) is 0 Å². The fraction of sp³-hybridized carbons (Fsp3) is 0.714. The fourth-order valence-electron chi connectivity index (χ4n) is 1.40. The maximum absolute atomic E-state index is 5.43. The van der Waals surface area contributed by atoms with Crippen LogP contribution in [-0.4, -0.2) is 22.1 Å². The number of hydrogen-bond acceptors (Lipinski definition) is 5. The maximum Gasteiger partial charge on any atom is 0.232 e. The molecule has 2 rings (SSSR count). The Labute approximate surface area is 74.9 Å². The molecule has 1 fully saturated rings. The van der Waals surface area contributed by atoms with Crippen LogP contribution < -0.4 is 5.73 Å². The van der Waals surface area contributed by atoms with E-state index in [0.717, 1.165) is 18.0 Å². The summed E-state index contributed by atoms with van der Waals surface area (Å²) in [7, 11) is 0. The van der Waals surface area contributed by atoms with Crippen LogP contribution in [0, 0.1) is 0 Å². The van der Waals surface area contributed by atoms with Crippen LogP contribution in [0.2, 0.25) is 0 Å². The summed E-state index contributed by atoms with van der Waals surface area (Å²) in [6, 6.07) is 0. The van der Waals surface area contributed by atoms with Crippen molar-refractivity contribution in [1.82, 2.24) is 9.36 Å². The van der Waals surface area contributed by atoms with E-state index in [0.29, 0.717) is 18.0 Å². The van der Waals surface area contributed by atoms with Gasteiger partial charge in [0.05, 0.1) is 12.7 Å². The number of hydrogen-bond donors (Lipinski definition) is 1. The normalized spacial score (nSPS) is 29.4. The second kappa shape index (κ2) is 2.99. The molecule has 1 saturated heterocycles. The number of rotatable bonds is 1. The lowest BCUT2D eigenvalue weighted by atomic mass is 10.1. The van der Waals surface area contributed by atoms with Crippen LogP contribution in [0.4, 0.5) is 5.95 Å². The minimum Gasteiger partial charge on any atom is -0.378 e. The largest absolute Gasteiger partial charge is 0.378 e. The molecule has 2 unspecified atom stereocenters. The third-order valence-electron chi connectivity index (χ3n) is 2.01. The van der Waals surface area contributed by atoms with E-state index in [9.17, 15) is 0 Å². The number of ether oxygens (including phenoxy) is 1. The second-order valence-corrected chi connectivity index (χ2v) is 3.85. The molecule has 2 atom stereocenters. The highest BCUT2D eigenvalue weighted by Gasteiger charge is 2.26. The van der Waals surface area contributed by atoms with Gasteiger partial charge in [0.2, 0.25) is 5.95 Å². The van der Waals surface area contributed by atoms with E-state index in [1.54, 1.807) is 0 Å². The summed E-state index contributed by atoms with van der Waals surface area (Å²) in [5.41, 5.74) is 5.43. The fourth-order valence-corrected chi connectivity index (χ4v) is 2.08. The van der Waals surface area contributed by atoms with Gasteiger partial charge >= 0.3 is 0 Å². The SMILES string of the molecule is CC1CC(c2nc(N)ns2)CO1. The Morgan fingerprint density at radius 1 is 1.67 bits per heavy atom. The molecule has 1 aliphatic heterocycles. The standard InChI is InChI=1S/C7H11N3OS/c1-4-2-5(3-11-4)6-9-7(8)10-12-6/h4-5H,2-3H2,1H3,(H2,8,10). The average Bonchev–Trinajstić information content (AvgIpc) is 2.58. The topological polar surface area (TPSA) is 61.0 Å². The van der Waals surface area contributed by atoms with Crippen LogP contribution in [0.3, 0.4) is 0 Å². The number of aromatic nitrogens is 2. The van der Waals surface area contributed by atoms with Crippen molar-refractivity contribution in [2.24, 2.45) is 0 Å². The van der Waals surface area contributed by atoms with Crippen molar-refractivity contribution in [2.75, 3.05) is 12.3 Å². The zero-order valence-corrected chi connectivity index (χ0v) is 7.67. The number of anilines is 1.